The molecule has 2 aromatic rings. The van der Waals surface area contributed by atoms with Gasteiger partial charge < -0.3 is 19.5 Å². The first-order valence-electron chi connectivity index (χ1n) is 8.15. The number of aromatic nitrogens is 2. The lowest BCUT2D eigenvalue weighted by Crippen LogP contribution is -2.49. The fourth-order valence-electron chi connectivity index (χ4n) is 3.02. The van der Waals surface area contributed by atoms with Crippen molar-refractivity contribution >= 4 is 5.91 Å². The predicted molar refractivity (Wildman–Crippen MR) is 87.4 cm³/mol. The van der Waals surface area contributed by atoms with Crippen LogP contribution >= 0.6 is 0 Å². The first-order valence-corrected chi connectivity index (χ1v) is 8.15. The summed E-state index contributed by atoms with van der Waals surface area (Å²) in [5.74, 6) is 0.394. The molecule has 1 atom stereocenters. The van der Waals surface area contributed by atoms with Crippen LogP contribution in [0, 0.1) is 0 Å². The summed E-state index contributed by atoms with van der Waals surface area (Å²) in [6.07, 6.45) is -1.11. The van der Waals surface area contributed by atoms with E-state index in [9.17, 15) is 18.0 Å². The summed E-state index contributed by atoms with van der Waals surface area (Å²) in [5, 5.41) is 3.26. The minimum absolute atomic E-state index is 0.0935. The lowest BCUT2D eigenvalue weighted by molar-refractivity contribution is -0.274. The van der Waals surface area contributed by atoms with Gasteiger partial charge in [0, 0.05) is 39.1 Å². The number of nitrogens with one attached hydrogen (secondary N) is 1. The number of ether oxygens (including phenoxy) is 1. The Balaban J connectivity index is 1.69. The molecule has 9 heteroatoms. The van der Waals surface area contributed by atoms with Crippen LogP contribution < -0.4 is 10.1 Å². The first-order chi connectivity index (χ1) is 12.3. The van der Waals surface area contributed by atoms with E-state index in [1.807, 2.05) is 17.8 Å². The van der Waals surface area contributed by atoms with Crippen LogP contribution in [0.5, 0.6) is 5.75 Å². The highest BCUT2D eigenvalue weighted by molar-refractivity contribution is 5.79. The standard InChI is InChI=1S/C17H19F3N4O2/c1-23-8-7-22-16(23)14-11-21-6-9-24(14)15(25)10-12-2-4-13(5-3-12)26-17(18,19)20/h2-5,7-8,14,21H,6,9-11H2,1H3. The van der Waals surface area contributed by atoms with Gasteiger partial charge in [0.1, 0.15) is 17.6 Å². The molecule has 1 N–H and O–H groups in total. The summed E-state index contributed by atoms with van der Waals surface area (Å²) in [5.41, 5.74) is 0.627. The van der Waals surface area contributed by atoms with Crippen LogP contribution in [-0.2, 0) is 18.3 Å². The average molecular weight is 368 g/mol. The Morgan fingerprint density at radius 3 is 2.69 bits per heavy atom. The van der Waals surface area contributed by atoms with Crippen molar-refractivity contribution in [2.24, 2.45) is 7.05 Å². The lowest BCUT2D eigenvalue weighted by atomic mass is 10.1. The third kappa shape index (κ3) is 4.34. The lowest BCUT2D eigenvalue weighted by Gasteiger charge is -2.35. The normalized spacial score (nSPS) is 18.0. The van der Waals surface area contributed by atoms with Crippen molar-refractivity contribution in [1.82, 2.24) is 19.8 Å². The van der Waals surface area contributed by atoms with Crippen LogP contribution in [0.2, 0.25) is 0 Å². The predicted octanol–water partition coefficient (Wildman–Crippen LogP) is 2.03. The van der Waals surface area contributed by atoms with Gasteiger partial charge in [-0.2, -0.15) is 0 Å². The SMILES string of the molecule is Cn1ccnc1C1CNCCN1C(=O)Cc1ccc(OC(F)(F)F)cc1. The number of nitrogens with zero attached hydrogens (tertiary/aromatic N) is 3. The Morgan fingerprint density at radius 2 is 2.08 bits per heavy atom. The van der Waals surface area contributed by atoms with Crippen molar-refractivity contribution in [3.63, 3.8) is 0 Å². The van der Waals surface area contributed by atoms with Gasteiger partial charge in [-0.25, -0.2) is 4.98 Å². The largest absolute Gasteiger partial charge is 0.573 e. The fraction of sp³-hybridized carbons (Fsp3) is 0.412. The molecule has 140 valence electrons. The zero-order chi connectivity index (χ0) is 18.7. The first kappa shape index (κ1) is 18.2. The number of carbonyl (C=O) groups excluding carboxylic acids is 1. The Kier molecular flexibility index (Phi) is 5.17. The van der Waals surface area contributed by atoms with Crippen molar-refractivity contribution in [2.45, 2.75) is 18.8 Å². The maximum absolute atomic E-state index is 12.7. The number of piperazine rings is 1. The van der Waals surface area contributed by atoms with E-state index >= 15 is 0 Å². The molecular formula is C17H19F3N4O2. The van der Waals surface area contributed by atoms with Crippen LogP contribution in [0.3, 0.4) is 0 Å². The molecule has 0 radical (unpaired) electrons. The van der Waals surface area contributed by atoms with Gasteiger partial charge in [0.25, 0.3) is 0 Å². The molecule has 1 amide bonds. The van der Waals surface area contributed by atoms with Gasteiger partial charge in [-0.3, -0.25) is 4.79 Å². The molecule has 1 aliphatic rings. The molecule has 26 heavy (non-hydrogen) atoms. The number of hydrogen-bond acceptors (Lipinski definition) is 4. The van der Waals surface area contributed by atoms with Gasteiger partial charge in [0.15, 0.2) is 0 Å². The van der Waals surface area contributed by atoms with Gasteiger partial charge in [0.05, 0.1) is 6.42 Å². The molecule has 0 saturated carbocycles. The molecule has 1 aromatic carbocycles. The zero-order valence-electron chi connectivity index (χ0n) is 14.2. The molecule has 1 saturated heterocycles. The van der Waals surface area contributed by atoms with Gasteiger partial charge >= 0.3 is 6.36 Å². The van der Waals surface area contributed by atoms with Crippen LogP contribution in [0.15, 0.2) is 36.7 Å². The molecular weight excluding hydrogens is 349 g/mol. The number of alkyl halides is 3. The number of rotatable bonds is 4. The zero-order valence-corrected chi connectivity index (χ0v) is 14.2. The maximum Gasteiger partial charge on any atom is 0.573 e. The molecule has 0 aliphatic carbocycles. The number of hydrogen-bond donors (Lipinski definition) is 1. The van der Waals surface area contributed by atoms with Crippen molar-refractivity contribution < 1.29 is 22.7 Å². The molecule has 1 aliphatic heterocycles. The Labute approximate surface area is 148 Å². The minimum atomic E-state index is -4.73. The van der Waals surface area contributed by atoms with E-state index in [2.05, 4.69) is 15.0 Å². The summed E-state index contributed by atoms with van der Waals surface area (Å²) >= 11 is 0. The van der Waals surface area contributed by atoms with E-state index in [0.717, 1.165) is 5.82 Å². The molecule has 2 heterocycles. The molecule has 1 aromatic heterocycles. The van der Waals surface area contributed by atoms with Crippen LogP contribution in [0.25, 0.3) is 0 Å². The second-order valence-electron chi connectivity index (χ2n) is 6.07. The molecule has 1 unspecified atom stereocenters. The topological polar surface area (TPSA) is 59.4 Å². The number of aryl methyl sites for hydroxylation is 1. The highest BCUT2D eigenvalue weighted by Gasteiger charge is 2.32. The van der Waals surface area contributed by atoms with Crippen LogP contribution in [-0.4, -0.2) is 46.4 Å². The highest BCUT2D eigenvalue weighted by Crippen LogP contribution is 2.24. The summed E-state index contributed by atoms with van der Waals surface area (Å²) in [7, 11) is 1.87. The number of benzene rings is 1. The maximum atomic E-state index is 12.7. The minimum Gasteiger partial charge on any atom is -0.406 e. The summed E-state index contributed by atoms with van der Waals surface area (Å²) in [6.45, 7) is 1.84. The number of imidazole rings is 1. The second-order valence-corrected chi connectivity index (χ2v) is 6.07. The monoisotopic (exact) mass is 368 g/mol. The molecule has 3 rings (SSSR count). The molecule has 1 fully saturated rings. The average Bonchev–Trinajstić information content (AvgIpc) is 3.01. The second kappa shape index (κ2) is 7.36. The summed E-state index contributed by atoms with van der Waals surface area (Å²) < 4.78 is 42.3. The summed E-state index contributed by atoms with van der Waals surface area (Å²) in [6, 6.07) is 5.19. The quantitative estimate of drug-likeness (QED) is 0.897. The number of carbonyl (C=O) groups is 1. The van der Waals surface area contributed by atoms with Gasteiger partial charge in [0.2, 0.25) is 5.91 Å². The van der Waals surface area contributed by atoms with Crippen molar-refractivity contribution in [1.29, 1.82) is 0 Å². The number of halogens is 3. The molecule has 0 spiro atoms. The Morgan fingerprint density at radius 1 is 1.35 bits per heavy atom. The highest BCUT2D eigenvalue weighted by atomic mass is 19.4. The van der Waals surface area contributed by atoms with Gasteiger partial charge in [-0.05, 0) is 17.7 Å². The number of amides is 1. The smallest absolute Gasteiger partial charge is 0.406 e. The molecule has 6 nitrogen and oxygen atoms in total. The fourth-order valence-corrected chi connectivity index (χ4v) is 3.02. The van der Waals surface area contributed by atoms with Gasteiger partial charge in [-0.1, -0.05) is 12.1 Å². The van der Waals surface area contributed by atoms with E-state index in [-0.39, 0.29) is 24.1 Å². The Bertz CT molecular complexity index is 758. The van der Waals surface area contributed by atoms with E-state index in [1.165, 1.54) is 24.3 Å². The van der Waals surface area contributed by atoms with Crippen LogP contribution in [0.1, 0.15) is 17.4 Å². The third-order valence-corrected chi connectivity index (χ3v) is 4.23. The van der Waals surface area contributed by atoms with Crippen molar-refractivity contribution in [3.8, 4) is 5.75 Å². The van der Waals surface area contributed by atoms with Crippen LogP contribution in [0.4, 0.5) is 13.2 Å². The Hall–Kier alpha value is -2.55. The molecule has 0 bridgehead atoms. The third-order valence-electron chi connectivity index (χ3n) is 4.23. The van der Waals surface area contributed by atoms with Gasteiger partial charge in [-0.15, -0.1) is 13.2 Å². The van der Waals surface area contributed by atoms with Crippen molar-refractivity contribution in [3.05, 3.63) is 48.0 Å². The van der Waals surface area contributed by atoms with E-state index in [1.54, 1.807) is 11.1 Å². The van der Waals surface area contributed by atoms with E-state index in [0.29, 0.717) is 25.2 Å². The van der Waals surface area contributed by atoms with E-state index < -0.39 is 6.36 Å². The van der Waals surface area contributed by atoms with E-state index in [4.69, 9.17) is 0 Å². The summed E-state index contributed by atoms with van der Waals surface area (Å²) in [4.78, 5) is 18.8. The van der Waals surface area contributed by atoms with Crippen molar-refractivity contribution in [2.75, 3.05) is 19.6 Å².